The minimum Gasteiger partial charge on any atom is -0.489 e. The molecule has 0 saturated carbocycles. The van der Waals surface area contributed by atoms with Crippen molar-refractivity contribution in [2.75, 3.05) is 26.2 Å². The van der Waals surface area contributed by atoms with E-state index in [1.165, 1.54) is 16.8 Å². The van der Waals surface area contributed by atoms with Crippen molar-refractivity contribution in [3.8, 4) is 5.75 Å². The van der Waals surface area contributed by atoms with Gasteiger partial charge in [-0.2, -0.15) is 0 Å². The van der Waals surface area contributed by atoms with Crippen LogP contribution >= 0.6 is 0 Å². The predicted octanol–water partition coefficient (Wildman–Crippen LogP) is 2.28. The molecular weight excluding hydrogens is 260 g/mol. The molecular formula is C18H22N2O. The van der Waals surface area contributed by atoms with E-state index in [0.29, 0.717) is 6.10 Å². The zero-order valence-electron chi connectivity index (χ0n) is 12.3. The molecule has 1 aromatic rings. The van der Waals surface area contributed by atoms with Crippen LogP contribution in [0.3, 0.4) is 0 Å². The second-order valence-corrected chi connectivity index (χ2v) is 6.10. The van der Waals surface area contributed by atoms with Gasteiger partial charge in [-0.05, 0) is 61.2 Å². The van der Waals surface area contributed by atoms with Crippen LogP contribution in [-0.4, -0.2) is 37.2 Å². The lowest BCUT2D eigenvalue weighted by molar-refractivity contribution is 0.223. The van der Waals surface area contributed by atoms with Crippen molar-refractivity contribution in [2.45, 2.75) is 25.4 Å². The van der Waals surface area contributed by atoms with Gasteiger partial charge in [-0.15, -0.1) is 0 Å². The molecule has 2 heterocycles. The Bertz CT molecular complexity index is 585. The lowest BCUT2D eigenvalue weighted by Gasteiger charge is -2.26. The monoisotopic (exact) mass is 282 g/mol. The molecule has 1 saturated heterocycles. The van der Waals surface area contributed by atoms with E-state index in [1.807, 2.05) is 0 Å². The van der Waals surface area contributed by atoms with Crippen molar-refractivity contribution in [1.82, 2.24) is 10.2 Å². The first-order chi connectivity index (χ1) is 10.4. The molecule has 0 radical (unpaired) electrons. The Labute approximate surface area is 126 Å². The Hall–Kier alpha value is -1.74. The summed E-state index contributed by atoms with van der Waals surface area (Å²) >= 11 is 0. The van der Waals surface area contributed by atoms with Crippen LogP contribution in [-0.2, 0) is 12.8 Å². The van der Waals surface area contributed by atoms with Gasteiger partial charge in [0.15, 0.2) is 0 Å². The van der Waals surface area contributed by atoms with Crippen LogP contribution in [0.5, 0.6) is 5.75 Å². The van der Waals surface area contributed by atoms with Crippen LogP contribution in [0.1, 0.15) is 17.5 Å². The maximum Gasteiger partial charge on any atom is 0.120 e. The number of nitrogens with one attached hydrogen (secondary N) is 1. The number of fused-ring (bicyclic) bond motifs is 1. The highest BCUT2D eigenvalue weighted by atomic mass is 16.5. The topological polar surface area (TPSA) is 24.5 Å². The average Bonchev–Trinajstić information content (AvgIpc) is 2.85. The van der Waals surface area contributed by atoms with Crippen LogP contribution < -0.4 is 10.1 Å². The average molecular weight is 282 g/mol. The second-order valence-electron chi connectivity index (χ2n) is 6.10. The molecule has 4 rings (SSSR count). The van der Waals surface area contributed by atoms with Crippen molar-refractivity contribution in [2.24, 2.45) is 0 Å². The molecule has 21 heavy (non-hydrogen) atoms. The summed E-state index contributed by atoms with van der Waals surface area (Å²) in [6.45, 7) is 4.28. The molecule has 1 aromatic carbocycles. The van der Waals surface area contributed by atoms with Crippen LogP contribution in [0, 0.1) is 0 Å². The van der Waals surface area contributed by atoms with Crippen molar-refractivity contribution < 1.29 is 4.74 Å². The van der Waals surface area contributed by atoms with E-state index in [-0.39, 0.29) is 0 Å². The SMILES string of the molecule is C1=CC(N2CCc3ccc(O[C@@H]4CCNC4)cc3CC2)=C1. The molecule has 3 heteroatoms. The molecule has 0 unspecified atom stereocenters. The molecule has 1 atom stereocenters. The van der Waals surface area contributed by atoms with Gasteiger partial charge < -0.3 is 15.0 Å². The van der Waals surface area contributed by atoms with Crippen LogP contribution in [0.4, 0.5) is 0 Å². The fourth-order valence-corrected chi connectivity index (χ4v) is 3.35. The van der Waals surface area contributed by atoms with Gasteiger partial charge in [0.25, 0.3) is 0 Å². The van der Waals surface area contributed by atoms with Crippen molar-refractivity contribution >= 4 is 0 Å². The van der Waals surface area contributed by atoms with E-state index < -0.39 is 0 Å². The minimum absolute atomic E-state index is 0.343. The first-order valence-electron chi connectivity index (χ1n) is 8.01. The fraction of sp³-hybridized carbons (Fsp3) is 0.444. The number of nitrogens with zero attached hydrogens (tertiary/aromatic N) is 1. The van der Waals surface area contributed by atoms with E-state index in [0.717, 1.165) is 51.2 Å². The molecule has 1 fully saturated rings. The number of benzene rings is 1. The molecule has 110 valence electrons. The summed E-state index contributed by atoms with van der Waals surface area (Å²) in [4.78, 5) is 2.49. The normalized spacial score (nSPS) is 24.1. The number of rotatable bonds is 3. The molecule has 0 aromatic heterocycles. The van der Waals surface area contributed by atoms with Crippen molar-refractivity contribution in [1.29, 1.82) is 0 Å². The van der Waals surface area contributed by atoms with E-state index in [2.05, 4.69) is 46.6 Å². The highest BCUT2D eigenvalue weighted by Gasteiger charge is 2.19. The van der Waals surface area contributed by atoms with Gasteiger partial charge in [0, 0.05) is 25.3 Å². The van der Waals surface area contributed by atoms with Gasteiger partial charge in [0.2, 0.25) is 0 Å². The molecule has 1 N–H and O–H groups in total. The third kappa shape index (κ3) is 2.70. The Balaban J connectivity index is 1.46. The maximum absolute atomic E-state index is 6.09. The third-order valence-electron chi connectivity index (χ3n) is 4.70. The zero-order valence-corrected chi connectivity index (χ0v) is 12.3. The summed E-state index contributed by atoms with van der Waals surface area (Å²) in [5.74, 6) is 1.04. The highest BCUT2D eigenvalue weighted by Crippen LogP contribution is 2.25. The minimum atomic E-state index is 0.343. The third-order valence-corrected chi connectivity index (χ3v) is 4.70. The first kappa shape index (κ1) is 13.0. The van der Waals surface area contributed by atoms with Gasteiger partial charge in [-0.3, -0.25) is 0 Å². The largest absolute Gasteiger partial charge is 0.489 e. The summed E-state index contributed by atoms with van der Waals surface area (Å²) in [5, 5.41) is 3.35. The molecule has 0 bridgehead atoms. The molecule has 2 aliphatic heterocycles. The van der Waals surface area contributed by atoms with E-state index in [9.17, 15) is 0 Å². The number of hydrogen-bond donors (Lipinski definition) is 1. The summed E-state index contributed by atoms with van der Waals surface area (Å²) in [6, 6.07) is 6.68. The Morgan fingerprint density at radius 2 is 2.00 bits per heavy atom. The lowest BCUT2D eigenvalue weighted by Crippen LogP contribution is -2.26. The smallest absolute Gasteiger partial charge is 0.120 e. The van der Waals surface area contributed by atoms with E-state index >= 15 is 0 Å². The van der Waals surface area contributed by atoms with Gasteiger partial charge in [-0.1, -0.05) is 12.1 Å². The fourth-order valence-electron chi connectivity index (χ4n) is 3.35. The standard InChI is InChI=1S/C18H22N2O/c1-2-16(3-1)20-10-7-14-4-5-17(12-15(14)8-11-20)21-18-6-9-19-13-18/h1-5,12,18-19H,6-11,13H2/t18-/m1/s1. The Morgan fingerprint density at radius 1 is 1.14 bits per heavy atom. The predicted molar refractivity (Wildman–Crippen MR) is 84.5 cm³/mol. The summed E-state index contributed by atoms with van der Waals surface area (Å²) < 4.78 is 6.09. The van der Waals surface area contributed by atoms with Gasteiger partial charge in [-0.25, -0.2) is 0 Å². The highest BCUT2D eigenvalue weighted by molar-refractivity contribution is 5.39. The van der Waals surface area contributed by atoms with Gasteiger partial charge in [0.1, 0.15) is 11.9 Å². The van der Waals surface area contributed by atoms with Crippen molar-refractivity contribution in [3.05, 3.63) is 53.3 Å². The molecule has 3 aliphatic rings. The molecule has 1 aliphatic carbocycles. The van der Waals surface area contributed by atoms with Gasteiger partial charge >= 0.3 is 0 Å². The molecule has 0 amide bonds. The Morgan fingerprint density at radius 3 is 2.71 bits per heavy atom. The summed E-state index contributed by atoms with van der Waals surface area (Å²) in [7, 11) is 0. The lowest BCUT2D eigenvalue weighted by atomic mass is 10.0. The van der Waals surface area contributed by atoms with E-state index in [1.54, 1.807) is 0 Å². The van der Waals surface area contributed by atoms with Crippen LogP contribution in [0.2, 0.25) is 0 Å². The number of ether oxygens (including phenoxy) is 1. The quantitative estimate of drug-likeness (QED) is 0.920. The molecule has 0 spiro atoms. The second kappa shape index (κ2) is 5.57. The first-order valence-corrected chi connectivity index (χ1v) is 8.01. The number of hydrogen-bond acceptors (Lipinski definition) is 3. The summed E-state index contributed by atoms with van der Waals surface area (Å²) in [6.07, 6.45) is 10.2. The van der Waals surface area contributed by atoms with Crippen LogP contribution in [0.15, 0.2) is 42.1 Å². The maximum atomic E-state index is 6.09. The molecule has 3 nitrogen and oxygen atoms in total. The summed E-state index contributed by atoms with van der Waals surface area (Å²) in [5.41, 5.74) is 4.33. The van der Waals surface area contributed by atoms with E-state index in [4.69, 9.17) is 4.74 Å². The van der Waals surface area contributed by atoms with Gasteiger partial charge in [0.05, 0.1) is 0 Å². The zero-order chi connectivity index (χ0) is 14.1. The van der Waals surface area contributed by atoms with Crippen molar-refractivity contribution in [3.63, 3.8) is 0 Å². The van der Waals surface area contributed by atoms with Crippen LogP contribution in [0.25, 0.3) is 0 Å². The number of allylic oxidation sites excluding steroid dienone is 3. The Kier molecular flexibility index (Phi) is 3.44.